The van der Waals surface area contributed by atoms with Gasteiger partial charge >= 0.3 is 5.97 Å². The molecule has 0 fully saturated rings. The second-order valence-electron chi connectivity index (χ2n) is 6.90. The molecule has 0 aliphatic rings. The normalized spacial score (nSPS) is 10.8. The van der Waals surface area contributed by atoms with Gasteiger partial charge in [-0.05, 0) is 74.5 Å². The van der Waals surface area contributed by atoms with Crippen LogP contribution in [-0.2, 0) is 9.53 Å². The number of nitrogens with zero attached hydrogens (tertiary/aromatic N) is 2. The first kappa shape index (κ1) is 21.7. The molecule has 0 aliphatic heterocycles. The van der Waals surface area contributed by atoms with Crippen LogP contribution in [0.15, 0.2) is 89.1 Å². The molecule has 0 unspecified atom stereocenters. The van der Waals surface area contributed by atoms with Crippen molar-refractivity contribution in [2.75, 3.05) is 11.9 Å². The van der Waals surface area contributed by atoms with Gasteiger partial charge in [-0.2, -0.15) is 10.2 Å². The molecule has 0 saturated carbocycles. The third-order valence-electron chi connectivity index (χ3n) is 3.98. The molecule has 0 spiro atoms. The maximum atomic E-state index is 12.1. The number of carbonyl (C=O) groups excluding carboxylic acids is 2. The van der Waals surface area contributed by atoms with Crippen LogP contribution in [0.2, 0.25) is 0 Å². The molecule has 31 heavy (non-hydrogen) atoms. The van der Waals surface area contributed by atoms with Crippen molar-refractivity contribution in [1.82, 2.24) is 0 Å². The van der Waals surface area contributed by atoms with Crippen LogP contribution in [0.1, 0.15) is 24.2 Å². The summed E-state index contributed by atoms with van der Waals surface area (Å²) in [6.45, 7) is 3.45. The molecule has 7 nitrogen and oxygen atoms in total. The second kappa shape index (κ2) is 10.7. The Hall–Kier alpha value is -4.00. The van der Waals surface area contributed by atoms with E-state index in [0.717, 1.165) is 5.69 Å². The maximum absolute atomic E-state index is 12.1. The van der Waals surface area contributed by atoms with Crippen molar-refractivity contribution >= 4 is 28.9 Å². The van der Waals surface area contributed by atoms with Gasteiger partial charge in [-0.25, -0.2) is 4.79 Å². The molecule has 0 aromatic heterocycles. The highest BCUT2D eigenvalue weighted by atomic mass is 16.5. The van der Waals surface area contributed by atoms with Crippen molar-refractivity contribution in [2.45, 2.75) is 20.0 Å². The standard InChI is InChI=1S/C24H23N3O4/c1-17(2)31-22-14-8-18(9-15-22)24(29)30-16-23(28)25-19-10-12-21(13-11-19)27-26-20-6-4-3-5-7-20/h3-15,17H,16H2,1-2H3,(H,25,28). The largest absolute Gasteiger partial charge is 0.491 e. The topological polar surface area (TPSA) is 89.3 Å². The van der Waals surface area contributed by atoms with E-state index in [-0.39, 0.29) is 6.10 Å². The highest BCUT2D eigenvalue weighted by Crippen LogP contribution is 2.20. The van der Waals surface area contributed by atoms with Gasteiger partial charge in [-0.3, -0.25) is 4.79 Å². The van der Waals surface area contributed by atoms with Gasteiger partial charge in [0.05, 0.1) is 23.0 Å². The average Bonchev–Trinajstić information content (AvgIpc) is 2.78. The summed E-state index contributed by atoms with van der Waals surface area (Å²) in [6, 6.07) is 22.8. The van der Waals surface area contributed by atoms with Crippen LogP contribution in [0.25, 0.3) is 0 Å². The van der Waals surface area contributed by atoms with Crippen molar-refractivity contribution in [3.05, 3.63) is 84.4 Å². The molecule has 0 heterocycles. The minimum absolute atomic E-state index is 0.0440. The van der Waals surface area contributed by atoms with Crippen LogP contribution in [0.5, 0.6) is 5.75 Å². The summed E-state index contributed by atoms with van der Waals surface area (Å²) in [4.78, 5) is 24.2. The predicted molar refractivity (Wildman–Crippen MR) is 118 cm³/mol. The summed E-state index contributed by atoms with van der Waals surface area (Å²) in [7, 11) is 0. The molecule has 7 heteroatoms. The number of hydrogen-bond acceptors (Lipinski definition) is 6. The Kier molecular flexibility index (Phi) is 7.48. The number of ether oxygens (including phenoxy) is 2. The number of benzene rings is 3. The molecular weight excluding hydrogens is 394 g/mol. The van der Waals surface area contributed by atoms with Gasteiger partial charge in [0.25, 0.3) is 5.91 Å². The highest BCUT2D eigenvalue weighted by molar-refractivity contribution is 5.95. The highest BCUT2D eigenvalue weighted by Gasteiger charge is 2.11. The van der Waals surface area contributed by atoms with Gasteiger partial charge in [0.15, 0.2) is 6.61 Å². The van der Waals surface area contributed by atoms with E-state index in [1.165, 1.54) is 0 Å². The van der Waals surface area contributed by atoms with E-state index in [1.54, 1.807) is 48.5 Å². The number of anilines is 1. The lowest BCUT2D eigenvalue weighted by atomic mass is 10.2. The Bertz CT molecular complexity index is 1030. The first-order valence-corrected chi connectivity index (χ1v) is 9.80. The Balaban J connectivity index is 1.47. The minimum atomic E-state index is -0.581. The van der Waals surface area contributed by atoms with Gasteiger partial charge in [0, 0.05) is 5.69 Å². The molecular formula is C24H23N3O4. The van der Waals surface area contributed by atoms with Crippen LogP contribution in [-0.4, -0.2) is 24.6 Å². The molecule has 1 N–H and O–H groups in total. The predicted octanol–water partition coefficient (Wildman–Crippen LogP) is 5.68. The van der Waals surface area contributed by atoms with Crippen molar-refractivity contribution in [2.24, 2.45) is 10.2 Å². The van der Waals surface area contributed by atoms with Crippen LogP contribution >= 0.6 is 0 Å². The Morgan fingerprint density at radius 3 is 2.06 bits per heavy atom. The number of nitrogens with one attached hydrogen (secondary N) is 1. The Labute approximate surface area is 180 Å². The van der Waals surface area contributed by atoms with E-state index < -0.39 is 18.5 Å². The summed E-state index contributed by atoms with van der Waals surface area (Å²) >= 11 is 0. The summed E-state index contributed by atoms with van der Waals surface area (Å²) in [6.07, 6.45) is 0.0440. The van der Waals surface area contributed by atoms with E-state index in [0.29, 0.717) is 22.7 Å². The number of rotatable bonds is 8. The zero-order valence-corrected chi connectivity index (χ0v) is 17.3. The van der Waals surface area contributed by atoms with Gasteiger partial charge < -0.3 is 14.8 Å². The molecule has 3 aromatic rings. The van der Waals surface area contributed by atoms with Crippen LogP contribution in [0.4, 0.5) is 17.1 Å². The smallest absolute Gasteiger partial charge is 0.338 e. The summed E-state index contributed by atoms with van der Waals surface area (Å²) < 4.78 is 10.6. The number of azo groups is 1. The molecule has 3 rings (SSSR count). The molecule has 0 radical (unpaired) electrons. The number of esters is 1. The summed E-state index contributed by atoms with van der Waals surface area (Å²) in [5.74, 6) is -0.356. The fourth-order valence-electron chi connectivity index (χ4n) is 2.57. The first-order chi connectivity index (χ1) is 15.0. The van der Waals surface area contributed by atoms with Gasteiger partial charge in [-0.1, -0.05) is 18.2 Å². The number of carbonyl (C=O) groups is 2. The molecule has 0 bridgehead atoms. The monoisotopic (exact) mass is 417 g/mol. The van der Waals surface area contributed by atoms with E-state index in [9.17, 15) is 9.59 Å². The number of amides is 1. The van der Waals surface area contributed by atoms with Gasteiger partial charge in [-0.15, -0.1) is 0 Å². The minimum Gasteiger partial charge on any atom is -0.491 e. The lowest BCUT2D eigenvalue weighted by molar-refractivity contribution is -0.119. The van der Waals surface area contributed by atoms with E-state index >= 15 is 0 Å². The van der Waals surface area contributed by atoms with Crippen LogP contribution < -0.4 is 10.1 Å². The molecule has 158 valence electrons. The van der Waals surface area contributed by atoms with Gasteiger partial charge in [0.1, 0.15) is 5.75 Å². The Morgan fingerprint density at radius 2 is 1.45 bits per heavy atom. The van der Waals surface area contributed by atoms with E-state index in [4.69, 9.17) is 9.47 Å². The SMILES string of the molecule is CC(C)Oc1ccc(C(=O)OCC(=O)Nc2ccc(N=Nc3ccccc3)cc2)cc1. The van der Waals surface area contributed by atoms with E-state index in [2.05, 4.69) is 15.5 Å². The Morgan fingerprint density at radius 1 is 0.839 bits per heavy atom. The first-order valence-electron chi connectivity index (χ1n) is 9.80. The zero-order chi connectivity index (χ0) is 22.1. The van der Waals surface area contributed by atoms with Gasteiger partial charge in [0.2, 0.25) is 0 Å². The zero-order valence-electron chi connectivity index (χ0n) is 17.3. The van der Waals surface area contributed by atoms with Crippen molar-refractivity contribution in [3.63, 3.8) is 0 Å². The van der Waals surface area contributed by atoms with Crippen molar-refractivity contribution in [3.8, 4) is 5.75 Å². The lowest BCUT2D eigenvalue weighted by Crippen LogP contribution is -2.20. The van der Waals surface area contributed by atoms with Crippen molar-refractivity contribution in [1.29, 1.82) is 0 Å². The fraction of sp³-hybridized carbons (Fsp3) is 0.167. The molecule has 1 amide bonds. The third kappa shape index (κ3) is 7.08. The maximum Gasteiger partial charge on any atom is 0.338 e. The molecule has 3 aromatic carbocycles. The summed E-state index contributed by atoms with van der Waals surface area (Å²) in [5.41, 5.74) is 2.31. The number of hydrogen-bond donors (Lipinski definition) is 1. The second-order valence-corrected chi connectivity index (χ2v) is 6.90. The van der Waals surface area contributed by atoms with E-state index in [1.807, 2.05) is 44.2 Å². The molecule has 0 saturated heterocycles. The van der Waals surface area contributed by atoms with Crippen LogP contribution in [0, 0.1) is 0 Å². The molecule has 0 atom stereocenters. The fourth-order valence-corrected chi connectivity index (χ4v) is 2.57. The molecule has 0 aliphatic carbocycles. The average molecular weight is 417 g/mol. The van der Waals surface area contributed by atoms with Crippen LogP contribution in [0.3, 0.4) is 0 Å². The quantitative estimate of drug-likeness (QED) is 0.377. The lowest BCUT2D eigenvalue weighted by Gasteiger charge is -2.10. The third-order valence-corrected chi connectivity index (χ3v) is 3.98. The summed E-state index contributed by atoms with van der Waals surface area (Å²) in [5, 5.41) is 11.0. The van der Waals surface area contributed by atoms with Crippen molar-refractivity contribution < 1.29 is 19.1 Å².